The SMILES string of the molecule is COc1cc(C=C(C#N)C(=O)Nc2ccc([N+](=O)[O-])cc2)ccc1OCc1cccc2ccccc12. The zero-order valence-electron chi connectivity index (χ0n) is 19.3. The fraction of sp³-hybridized carbons (Fsp3) is 0.0714. The van der Waals surface area contributed by atoms with Gasteiger partial charge in [0.1, 0.15) is 18.2 Å². The molecule has 0 spiro atoms. The molecular weight excluding hydrogens is 458 g/mol. The molecule has 36 heavy (non-hydrogen) atoms. The maximum absolute atomic E-state index is 12.6. The van der Waals surface area contributed by atoms with Gasteiger partial charge < -0.3 is 14.8 Å². The van der Waals surface area contributed by atoms with E-state index in [0.717, 1.165) is 16.3 Å². The van der Waals surface area contributed by atoms with Gasteiger partial charge in [0, 0.05) is 17.8 Å². The Morgan fingerprint density at radius 1 is 1.03 bits per heavy atom. The van der Waals surface area contributed by atoms with Crippen molar-refractivity contribution >= 4 is 34.1 Å². The first-order valence-corrected chi connectivity index (χ1v) is 10.9. The van der Waals surface area contributed by atoms with E-state index in [-0.39, 0.29) is 11.3 Å². The Kier molecular flexibility index (Phi) is 7.22. The Morgan fingerprint density at radius 3 is 2.50 bits per heavy atom. The molecule has 0 radical (unpaired) electrons. The molecule has 1 amide bonds. The van der Waals surface area contributed by atoms with E-state index >= 15 is 0 Å². The first kappa shape index (κ1) is 24.0. The molecule has 0 aromatic heterocycles. The monoisotopic (exact) mass is 479 g/mol. The van der Waals surface area contributed by atoms with Gasteiger partial charge in [-0.1, -0.05) is 48.5 Å². The van der Waals surface area contributed by atoms with Crippen molar-refractivity contribution < 1.29 is 19.2 Å². The molecule has 4 aromatic carbocycles. The summed E-state index contributed by atoms with van der Waals surface area (Å²) < 4.78 is 11.5. The summed E-state index contributed by atoms with van der Waals surface area (Å²) in [5, 5.41) is 25.1. The largest absolute Gasteiger partial charge is 0.493 e. The van der Waals surface area contributed by atoms with Crippen LogP contribution in [0.1, 0.15) is 11.1 Å². The Labute approximate surface area is 207 Å². The summed E-state index contributed by atoms with van der Waals surface area (Å²) in [7, 11) is 1.51. The van der Waals surface area contributed by atoms with Crippen LogP contribution in [0.3, 0.4) is 0 Å². The Morgan fingerprint density at radius 2 is 1.78 bits per heavy atom. The number of non-ortho nitro benzene ring substituents is 1. The average molecular weight is 479 g/mol. The number of nitro groups is 1. The number of nitriles is 1. The molecule has 0 aliphatic carbocycles. The molecule has 0 heterocycles. The highest BCUT2D eigenvalue weighted by Crippen LogP contribution is 2.30. The number of nitrogens with zero attached hydrogens (tertiary/aromatic N) is 2. The van der Waals surface area contributed by atoms with Gasteiger partial charge in [0.2, 0.25) is 0 Å². The fourth-order valence-electron chi connectivity index (χ4n) is 3.65. The van der Waals surface area contributed by atoms with Crippen LogP contribution in [-0.4, -0.2) is 17.9 Å². The van der Waals surface area contributed by atoms with E-state index in [4.69, 9.17) is 9.47 Å². The molecule has 8 heteroatoms. The van der Waals surface area contributed by atoms with Gasteiger partial charge in [0.05, 0.1) is 12.0 Å². The molecule has 178 valence electrons. The lowest BCUT2D eigenvalue weighted by Gasteiger charge is -2.13. The number of hydrogen-bond acceptors (Lipinski definition) is 6. The lowest BCUT2D eigenvalue weighted by Crippen LogP contribution is -2.13. The number of anilines is 1. The minimum atomic E-state index is -0.637. The number of rotatable bonds is 8. The third kappa shape index (κ3) is 5.48. The molecule has 0 aliphatic rings. The molecule has 0 unspecified atom stereocenters. The molecule has 0 aliphatic heterocycles. The molecule has 0 saturated heterocycles. The maximum Gasteiger partial charge on any atom is 0.269 e. The van der Waals surface area contributed by atoms with Crippen LogP contribution in [-0.2, 0) is 11.4 Å². The normalized spacial score (nSPS) is 10.9. The number of hydrogen-bond donors (Lipinski definition) is 1. The molecule has 4 rings (SSSR count). The number of amides is 1. The predicted molar refractivity (Wildman–Crippen MR) is 137 cm³/mol. The van der Waals surface area contributed by atoms with Crippen LogP contribution in [0.25, 0.3) is 16.8 Å². The van der Waals surface area contributed by atoms with Crippen LogP contribution in [0.5, 0.6) is 11.5 Å². The van der Waals surface area contributed by atoms with Crippen molar-refractivity contribution in [3.05, 3.63) is 112 Å². The quantitative estimate of drug-likeness (QED) is 0.146. The average Bonchev–Trinajstić information content (AvgIpc) is 2.91. The van der Waals surface area contributed by atoms with Crippen molar-refractivity contribution in [3.63, 3.8) is 0 Å². The standard InChI is InChI=1S/C28H21N3O5/c1-35-27-16-19(15-22(17-29)28(32)30-23-10-12-24(13-11-23)31(33)34)9-14-26(27)36-18-21-7-4-6-20-5-2-3-8-25(20)21/h2-16H,18H2,1H3,(H,30,32). The number of carbonyl (C=O) groups excluding carboxylic acids is 1. The van der Waals surface area contributed by atoms with Crippen LogP contribution in [0, 0.1) is 21.4 Å². The number of methoxy groups -OCH3 is 1. The Hall–Kier alpha value is -5.16. The maximum atomic E-state index is 12.6. The third-order valence-electron chi connectivity index (χ3n) is 5.46. The second kappa shape index (κ2) is 10.8. The minimum Gasteiger partial charge on any atom is -0.493 e. The Bertz CT molecular complexity index is 1500. The fourth-order valence-corrected chi connectivity index (χ4v) is 3.65. The number of ether oxygens (including phenoxy) is 2. The summed E-state index contributed by atoms with van der Waals surface area (Å²) in [6, 6.07) is 26.4. The van der Waals surface area contributed by atoms with Crippen LogP contribution in [0.2, 0.25) is 0 Å². The molecular formula is C28H21N3O5. The predicted octanol–water partition coefficient (Wildman–Crippen LogP) is 5.88. The molecule has 4 aromatic rings. The number of nitro benzene ring substituents is 1. The van der Waals surface area contributed by atoms with E-state index in [0.29, 0.717) is 29.4 Å². The lowest BCUT2D eigenvalue weighted by atomic mass is 10.1. The van der Waals surface area contributed by atoms with Crippen molar-refractivity contribution in [1.82, 2.24) is 0 Å². The zero-order valence-corrected chi connectivity index (χ0v) is 19.3. The minimum absolute atomic E-state index is 0.0982. The van der Waals surface area contributed by atoms with Crippen LogP contribution < -0.4 is 14.8 Å². The molecule has 0 fully saturated rings. The Balaban J connectivity index is 1.49. The van der Waals surface area contributed by atoms with Crippen LogP contribution in [0.15, 0.2) is 90.5 Å². The number of nitrogens with one attached hydrogen (secondary N) is 1. The van der Waals surface area contributed by atoms with E-state index in [9.17, 15) is 20.2 Å². The smallest absolute Gasteiger partial charge is 0.269 e. The van der Waals surface area contributed by atoms with Gasteiger partial charge in [0.25, 0.3) is 11.6 Å². The van der Waals surface area contributed by atoms with Gasteiger partial charge in [-0.2, -0.15) is 5.26 Å². The summed E-state index contributed by atoms with van der Waals surface area (Å²) in [4.78, 5) is 22.8. The first-order chi connectivity index (χ1) is 17.5. The van der Waals surface area contributed by atoms with E-state index in [1.807, 2.05) is 48.5 Å². The number of fused-ring (bicyclic) bond motifs is 1. The van der Waals surface area contributed by atoms with E-state index in [2.05, 4.69) is 5.32 Å². The summed E-state index contributed by atoms with van der Waals surface area (Å²) >= 11 is 0. The highest BCUT2D eigenvalue weighted by atomic mass is 16.6. The van der Waals surface area contributed by atoms with Gasteiger partial charge >= 0.3 is 0 Å². The molecule has 0 bridgehead atoms. The summed E-state index contributed by atoms with van der Waals surface area (Å²) in [5.74, 6) is 0.343. The summed E-state index contributed by atoms with van der Waals surface area (Å²) in [5.41, 5.74) is 1.70. The van der Waals surface area contributed by atoms with Crippen molar-refractivity contribution in [2.45, 2.75) is 6.61 Å². The highest BCUT2D eigenvalue weighted by Gasteiger charge is 2.13. The summed E-state index contributed by atoms with van der Waals surface area (Å²) in [6.07, 6.45) is 1.43. The van der Waals surface area contributed by atoms with Gasteiger partial charge in [-0.15, -0.1) is 0 Å². The molecule has 0 atom stereocenters. The van der Waals surface area contributed by atoms with E-state index in [1.165, 1.54) is 37.5 Å². The second-order valence-corrected chi connectivity index (χ2v) is 7.77. The molecule has 8 nitrogen and oxygen atoms in total. The van der Waals surface area contributed by atoms with Crippen molar-refractivity contribution in [3.8, 4) is 17.6 Å². The van der Waals surface area contributed by atoms with Crippen LogP contribution in [0.4, 0.5) is 11.4 Å². The molecule has 1 N–H and O–H groups in total. The van der Waals surface area contributed by atoms with Gasteiger partial charge in [-0.05, 0) is 52.2 Å². The highest BCUT2D eigenvalue weighted by molar-refractivity contribution is 6.09. The van der Waals surface area contributed by atoms with Gasteiger partial charge in [0.15, 0.2) is 11.5 Å². The zero-order chi connectivity index (χ0) is 25.5. The van der Waals surface area contributed by atoms with E-state index < -0.39 is 10.8 Å². The summed E-state index contributed by atoms with van der Waals surface area (Å²) in [6.45, 7) is 0.341. The number of benzene rings is 4. The topological polar surface area (TPSA) is 114 Å². The second-order valence-electron chi connectivity index (χ2n) is 7.77. The van der Waals surface area contributed by atoms with Gasteiger partial charge in [-0.3, -0.25) is 14.9 Å². The van der Waals surface area contributed by atoms with Crippen molar-refractivity contribution in [2.75, 3.05) is 12.4 Å². The van der Waals surface area contributed by atoms with E-state index in [1.54, 1.807) is 18.2 Å². The lowest BCUT2D eigenvalue weighted by molar-refractivity contribution is -0.384. The third-order valence-corrected chi connectivity index (χ3v) is 5.46. The van der Waals surface area contributed by atoms with Crippen LogP contribution >= 0.6 is 0 Å². The van der Waals surface area contributed by atoms with Gasteiger partial charge in [-0.25, -0.2) is 0 Å². The van der Waals surface area contributed by atoms with Crippen molar-refractivity contribution in [1.29, 1.82) is 5.26 Å². The first-order valence-electron chi connectivity index (χ1n) is 10.9. The number of carbonyl (C=O) groups is 1. The van der Waals surface area contributed by atoms with Crippen molar-refractivity contribution in [2.24, 2.45) is 0 Å². The molecule has 0 saturated carbocycles.